The van der Waals surface area contributed by atoms with Crippen molar-refractivity contribution in [3.8, 4) is 5.75 Å². The van der Waals surface area contributed by atoms with E-state index in [1.54, 1.807) is 0 Å². The van der Waals surface area contributed by atoms with Gasteiger partial charge in [-0.15, -0.1) is 0 Å². The molecule has 5 heteroatoms. The third-order valence-corrected chi connectivity index (χ3v) is 6.77. The summed E-state index contributed by atoms with van der Waals surface area (Å²) in [5.41, 5.74) is 5.40. The van der Waals surface area contributed by atoms with Crippen LogP contribution in [0.4, 0.5) is 8.78 Å². The zero-order valence-corrected chi connectivity index (χ0v) is 22.2. The molecule has 0 aliphatic heterocycles. The van der Waals surface area contributed by atoms with E-state index < -0.39 is 11.6 Å². The van der Waals surface area contributed by atoms with Gasteiger partial charge in [0.15, 0.2) is 17.3 Å². The number of carbonyl (C=O) groups excluding carboxylic acids is 1. The van der Waals surface area contributed by atoms with Gasteiger partial charge < -0.3 is 9.30 Å². The van der Waals surface area contributed by atoms with Crippen LogP contribution in [0.3, 0.4) is 0 Å². The van der Waals surface area contributed by atoms with Gasteiger partial charge in [0.2, 0.25) is 5.82 Å². The Morgan fingerprint density at radius 3 is 2.47 bits per heavy atom. The van der Waals surface area contributed by atoms with Crippen molar-refractivity contribution in [2.45, 2.75) is 58.9 Å². The van der Waals surface area contributed by atoms with Crippen LogP contribution in [0.2, 0.25) is 0 Å². The maximum Gasteiger partial charge on any atom is 0.200 e. The van der Waals surface area contributed by atoms with Gasteiger partial charge in [-0.3, -0.25) is 4.79 Å². The van der Waals surface area contributed by atoms with Crippen LogP contribution in [0.25, 0.3) is 23.1 Å². The number of benzene rings is 3. The molecule has 0 saturated heterocycles. The largest absolute Gasteiger partial charge is 0.490 e. The van der Waals surface area contributed by atoms with Gasteiger partial charge >= 0.3 is 0 Å². The molecule has 0 aliphatic carbocycles. The number of nitrogens with zero attached hydrogens (tertiary/aromatic N) is 1. The minimum atomic E-state index is -0.926. The Morgan fingerprint density at radius 1 is 0.921 bits per heavy atom. The van der Waals surface area contributed by atoms with Crippen LogP contribution >= 0.6 is 0 Å². The number of rotatable bonds is 13. The summed E-state index contributed by atoms with van der Waals surface area (Å²) >= 11 is 0. The fraction of sp³-hybridized carbons (Fsp3) is 0.303. The quantitative estimate of drug-likeness (QED) is 0.101. The van der Waals surface area contributed by atoms with Crippen molar-refractivity contribution in [1.82, 2.24) is 4.57 Å². The number of Topliss-reactive ketones (excluding diaryl/α,β-unsaturated/α-hetero) is 1. The average molecular weight is 516 g/mol. The van der Waals surface area contributed by atoms with E-state index in [4.69, 9.17) is 4.74 Å². The minimum absolute atomic E-state index is 0.0295. The van der Waals surface area contributed by atoms with Gasteiger partial charge in [-0.25, -0.2) is 4.39 Å². The van der Waals surface area contributed by atoms with Crippen LogP contribution in [0, 0.1) is 11.6 Å². The number of fused-ring (bicyclic) bond motifs is 1. The highest BCUT2D eigenvalue weighted by Gasteiger charge is 2.15. The van der Waals surface area contributed by atoms with Gasteiger partial charge in [-0.05, 0) is 67.9 Å². The molecule has 0 radical (unpaired) electrons. The molecule has 0 atom stereocenters. The maximum atomic E-state index is 13.6. The summed E-state index contributed by atoms with van der Waals surface area (Å²) in [6, 6.07) is 18.7. The third kappa shape index (κ3) is 6.58. The standard InChI is InChI=1S/C33H35F2NO2/c1-3-10-30(37)28-23-36(4-2)33-26(12-8-13-27(28)33)21-20-25-18-16-24(17-19-25)11-6-5-7-22-38-31-15-9-14-29(34)32(31)35/h8-9,12-21,23H,3-7,10-11,22H2,1-2H3/b21-20+. The Balaban J connectivity index is 1.32. The van der Waals surface area contributed by atoms with Crippen molar-refractivity contribution >= 4 is 28.8 Å². The number of ether oxygens (including phenoxy) is 1. The Labute approximate surface area is 223 Å². The second kappa shape index (κ2) is 13.2. The Hall–Kier alpha value is -3.73. The van der Waals surface area contributed by atoms with Gasteiger partial charge in [0, 0.05) is 30.1 Å². The molecule has 0 unspecified atom stereocenters. The second-order valence-electron chi connectivity index (χ2n) is 9.53. The number of carbonyl (C=O) groups is 1. The average Bonchev–Trinajstić information content (AvgIpc) is 3.32. The lowest BCUT2D eigenvalue weighted by Gasteiger charge is -2.07. The highest BCUT2D eigenvalue weighted by Crippen LogP contribution is 2.28. The van der Waals surface area contributed by atoms with Crippen LogP contribution in [0.15, 0.2) is 66.9 Å². The lowest BCUT2D eigenvalue weighted by atomic mass is 10.0. The van der Waals surface area contributed by atoms with E-state index in [-0.39, 0.29) is 11.5 Å². The molecule has 0 saturated carbocycles. The van der Waals surface area contributed by atoms with Crippen molar-refractivity contribution in [3.63, 3.8) is 0 Å². The smallest absolute Gasteiger partial charge is 0.200 e. The predicted octanol–water partition coefficient (Wildman–Crippen LogP) is 8.88. The van der Waals surface area contributed by atoms with Gasteiger partial charge in [0.1, 0.15) is 0 Å². The number of hydrogen-bond donors (Lipinski definition) is 0. The summed E-state index contributed by atoms with van der Waals surface area (Å²) < 4.78 is 34.4. The highest BCUT2D eigenvalue weighted by molar-refractivity contribution is 6.09. The van der Waals surface area contributed by atoms with Crippen molar-refractivity contribution < 1.29 is 18.3 Å². The lowest BCUT2D eigenvalue weighted by molar-refractivity contribution is 0.0983. The molecular weight excluding hydrogens is 480 g/mol. The Kier molecular flexibility index (Phi) is 9.47. The summed E-state index contributed by atoms with van der Waals surface area (Å²) in [7, 11) is 0. The molecule has 4 rings (SSSR count). The zero-order valence-electron chi connectivity index (χ0n) is 22.2. The first-order valence-corrected chi connectivity index (χ1v) is 13.5. The van der Waals surface area contributed by atoms with Gasteiger partial charge in [-0.1, -0.05) is 67.6 Å². The van der Waals surface area contributed by atoms with Gasteiger partial charge in [0.05, 0.1) is 12.1 Å². The van der Waals surface area contributed by atoms with E-state index in [1.807, 2.05) is 25.3 Å². The fourth-order valence-corrected chi connectivity index (χ4v) is 4.72. The first-order valence-electron chi connectivity index (χ1n) is 13.5. The van der Waals surface area contributed by atoms with E-state index in [2.05, 4.69) is 54.0 Å². The molecule has 0 spiro atoms. The number of halogens is 2. The van der Waals surface area contributed by atoms with E-state index in [1.165, 1.54) is 17.7 Å². The van der Waals surface area contributed by atoms with Crippen molar-refractivity contribution in [2.24, 2.45) is 0 Å². The number of aryl methyl sites for hydroxylation is 2. The van der Waals surface area contributed by atoms with Crippen molar-refractivity contribution in [1.29, 1.82) is 0 Å². The normalized spacial score (nSPS) is 11.5. The molecule has 0 aliphatic rings. The molecule has 1 heterocycles. The van der Waals surface area contributed by atoms with E-state index >= 15 is 0 Å². The number of para-hydroxylation sites is 1. The predicted molar refractivity (Wildman–Crippen MR) is 152 cm³/mol. The molecule has 3 nitrogen and oxygen atoms in total. The van der Waals surface area contributed by atoms with Crippen LogP contribution < -0.4 is 4.74 Å². The van der Waals surface area contributed by atoms with Crippen LogP contribution in [0.5, 0.6) is 5.75 Å². The molecule has 4 aromatic rings. The Bertz CT molecular complexity index is 1400. The van der Waals surface area contributed by atoms with Crippen LogP contribution in [-0.2, 0) is 13.0 Å². The zero-order chi connectivity index (χ0) is 26.9. The van der Waals surface area contributed by atoms with E-state index in [0.717, 1.165) is 72.3 Å². The molecule has 38 heavy (non-hydrogen) atoms. The first kappa shape index (κ1) is 27.3. The molecule has 0 bridgehead atoms. The molecule has 3 aromatic carbocycles. The summed E-state index contributed by atoms with van der Waals surface area (Å²) in [4.78, 5) is 12.7. The van der Waals surface area contributed by atoms with Crippen LogP contribution in [0.1, 0.15) is 73.0 Å². The maximum absolute atomic E-state index is 13.6. The monoisotopic (exact) mass is 515 g/mol. The molecule has 0 amide bonds. The van der Waals surface area contributed by atoms with Gasteiger partial charge in [-0.2, -0.15) is 4.39 Å². The molecule has 1 aromatic heterocycles. The number of unbranched alkanes of at least 4 members (excludes halogenated alkanes) is 2. The van der Waals surface area contributed by atoms with Crippen molar-refractivity contribution in [3.05, 3.63) is 101 Å². The SMILES string of the molecule is CCCC(=O)c1cn(CC)c2c(/C=C/c3ccc(CCCCCOc4cccc(F)c4F)cc3)cccc12. The highest BCUT2D eigenvalue weighted by atomic mass is 19.2. The Morgan fingerprint density at radius 2 is 1.71 bits per heavy atom. The molecule has 0 fully saturated rings. The lowest BCUT2D eigenvalue weighted by Crippen LogP contribution is -2.00. The van der Waals surface area contributed by atoms with Crippen molar-refractivity contribution in [2.75, 3.05) is 6.61 Å². The number of hydrogen-bond acceptors (Lipinski definition) is 2. The summed E-state index contributed by atoms with van der Waals surface area (Å²) in [6.45, 7) is 5.31. The number of ketones is 1. The van der Waals surface area contributed by atoms with Crippen LogP contribution in [-0.4, -0.2) is 17.0 Å². The summed E-state index contributed by atoms with van der Waals surface area (Å²) in [5, 5.41) is 1.02. The third-order valence-electron chi connectivity index (χ3n) is 6.77. The topological polar surface area (TPSA) is 31.2 Å². The summed E-state index contributed by atoms with van der Waals surface area (Å²) in [5.74, 6) is -1.64. The molecular formula is C33H35F2NO2. The number of aromatic nitrogens is 1. The van der Waals surface area contributed by atoms with E-state index in [0.29, 0.717) is 13.0 Å². The second-order valence-corrected chi connectivity index (χ2v) is 9.53. The fourth-order valence-electron chi connectivity index (χ4n) is 4.72. The van der Waals surface area contributed by atoms with E-state index in [9.17, 15) is 13.6 Å². The minimum Gasteiger partial charge on any atom is -0.490 e. The molecule has 0 N–H and O–H groups in total. The first-order chi connectivity index (χ1) is 18.5. The summed E-state index contributed by atoms with van der Waals surface area (Å²) in [6.07, 6.45) is 11.3. The molecule has 198 valence electrons. The van der Waals surface area contributed by atoms with Gasteiger partial charge in [0.25, 0.3) is 0 Å².